The third kappa shape index (κ3) is 3.95. The molecule has 2 rings (SSSR count). The van der Waals surface area contributed by atoms with Crippen LogP contribution in [0, 0.1) is 5.41 Å². The highest BCUT2D eigenvalue weighted by molar-refractivity contribution is 5.75. The summed E-state index contributed by atoms with van der Waals surface area (Å²) in [5.74, 6) is -0.581. The number of carboxylic acid groups (broad SMARTS) is 1. The van der Waals surface area contributed by atoms with Gasteiger partial charge in [-0.2, -0.15) is 0 Å². The summed E-state index contributed by atoms with van der Waals surface area (Å²) in [6.45, 7) is 8.54. The molecule has 0 bridgehead atoms. The van der Waals surface area contributed by atoms with Crippen molar-refractivity contribution in [2.45, 2.75) is 51.9 Å². The maximum absolute atomic E-state index is 11.7. The number of piperidine rings is 2. The molecule has 0 aromatic heterocycles. The molecule has 4 heteroatoms. The number of carboxylic acids is 1. The van der Waals surface area contributed by atoms with Crippen LogP contribution in [0.2, 0.25) is 0 Å². The molecule has 0 radical (unpaired) electrons. The Morgan fingerprint density at radius 2 is 1.70 bits per heavy atom. The summed E-state index contributed by atoms with van der Waals surface area (Å²) < 4.78 is 0. The lowest BCUT2D eigenvalue weighted by atomic mass is 9.76. The molecule has 2 aliphatic rings. The molecule has 0 aromatic rings. The van der Waals surface area contributed by atoms with Crippen molar-refractivity contribution in [3.05, 3.63) is 0 Å². The molecule has 2 heterocycles. The lowest BCUT2D eigenvalue weighted by Crippen LogP contribution is -2.49. The van der Waals surface area contributed by atoms with Crippen LogP contribution >= 0.6 is 0 Å². The molecule has 0 aromatic carbocycles. The zero-order valence-electron chi connectivity index (χ0n) is 12.9. The summed E-state index contributed by atoms with van der Waals surface area (Å²) >= 11 is 0. The zero-order chi connectivity index (χ0) is 14.4. The van der Waals surface area contributed by atoms with Crippen LogP contribution in [0.15, 0.2) is 0 Å². The highest BCUT2D eigenvalue weighted by atomic mass is 16.4. The maximum atomic E-state index is 11.7. The van der Waals surface area contributed by atoms with E-state index in [2.05, 4.69) is 16.7 Å². The third-order valence-electron chi connectivity index (χ3n) is 5.02. The molecule has 2 fully saturated rings. The first-order valence-electron chi connectivity index (χ1n) is 8.34. The zero-order valence-corrected chi connectivity index (χ0v) is 12.9. The Hall–Kier alpha value is -0.610. The van der Waals surface area contributed by atoms with E-state index < -0.39 is 11.4 Å². The largest absolute Gasteiger partial charge is 0.481 e. The van der Waals surface area contributed by atoms with E-state index in [0.717, 1.165) is 51.9 Å². The molecular weight excluding hydrogens is 252 g/mol. The van der Waals surface area contributed by atoms with E-state index in [9.17, 15) is 9.90 Å². The second-order valence-corrected chi connectivity index (χ2v) is 6.62. The molecule has 1 N–H and O–H groups in total. The van der Waals surface area contributed by atoms with Gasteiger partial charge in [-0.15, -0.1) is 0 Å². The van der Waals surface area contributed by atoms with E-state index in [4.69, 9.17) is 0 Å². The number of aliphatic carboxylic acids is 1. The van der Waals surface area contributed by atoms with Crippen LogP contribution in [0.1, 0.15) is 51.9 Å². The fourth-order valence-electron chi connectivity index (χ4n) is 3.85. The van der Waals surface area contributed by atoms with Crippen LogP contribution in [0.4, 0.5) is 0 Å². The molecule has 2 aliphatic heterocycles. The van der Waals surface area contributed by atoms with E-state index in [0.29, 0.717) is 0 Å². The summed E-state index contributed by atoms with van der Waals surface area (Å²) in [7, 11) is 0. The minimum atomic E-state index is -0.581. The first kappa shape index (κ1) is 15.8. The maximum Gasteiger partial charge on any atom is 0.310 e. The molecule has 1 atom stereocenters. The van der Waals surface area contributed by atoms with Gasteiger partial charge in [0.05, 0.1) is 5.41 Å². The van der Waals surface area contributed by atoms with Gasteiger partial charge in [0.25, 0.3) is 0 Å². The second kappa shape index (κ2) is 7.41. The number of rotatable bonds is 6. The smallest absolute Gasteiger partial charge is 0.310 e. The summed E-state index contributed by atoms with van der Waals surface area (Å²) in [4.78, 5) is 16.6. The average molecular weight is 282 g/mol. The summed E-state index contributed by atoms with van der Waals surface area (Å²) in [5.41, 5.74) is -0.477. The molecule has 0 saturated carbocycles. The molecule has 20 heavy (non-hydrogen) atoms. The lowest BCUT2D eigenvalue weighted by molar-refractivity contribution is -0.153. The van der Waals surface area contributed by atoms with Crippen molar-refractivity contribution in [2.75, 3.05) is 39.3 Å². The van der Waals surface area contributed by atoms with Crippen LogP contribution in [0.3, 0.4) is 0 Å². The van der Waals surface area contributed by atoms with Gasteiger partial charge in [0.1, 0.15) is 0 Å². The van der Waals surface area contributed by atoms with Crippen LogP contribution in [-0.2, 0) is 4.79 Å². The van der Waals surface area contributed by atoms with Crippen molar-refractivity contribution in [1.82, 2.24) is 9.80 Å². The number of hydrogen-bond acceptors (Lipinski definition) is 3. The van der Waals surface area contributed by atoms with Crippen LogP contribution in [0.25, 0.3) is 0 Å². The third-order valence-corrected chi connectivity index (χ3v) is 5.02. The molecular formula is C16H30N2O2. The van der Waals surface area contributed by atoms with Gasteiger partial charge in [0.15, 0.2) is 0 Å². The fourth-order valence-corrected chi connectivity index (χ4v) is 3.85. The van der Waals surface area contributed by atoms with Gasteiger partial charge < -0.3 is 14.9 Å². The summed E-state index contributed by atoms with van der Waals surface area (Å²) in [6.07, 6.45) is 7.71. The summed E-state index contributed by atoms with van der Waals surface area (Å²) in [6, 6.07) is 0. The first-order chi connectivity index (χ1) is 9.66. The summed E-state index contributed by atoms with van der Waals surface area (Å²) in [5, 5.41) is 9.62. The molecule has 2 saturated heterocycles. The number of nitrogens with zero attached hydrogens (tertiary/aromatic N) is 2. The molecule has 0 aliphatic carbocycles. The van der Waals surface area contributed by atoms with Gasteiger partial charge in [-0.3, -0.25) is 4.79 Å². The SMILES string of the molecule is CCCC1(C(=O)O)CCCN(CCN2CCCCC2)C1. The van der Waals surface area contributed by atoms with Crippen molar-refractivity contribution >= 4 is 5.97 Å². The normalized spacial score (nSPS) is 29.4. The second-order valence-electron chi connectivity index (χ2n) is 6.62. The fraction of sp³-hybridized carbons (Fsp3) is 0.938. The standard InChI is InChI=1S/C16H30N2O2/c1-2-7-16(15(19)20)8-6-11-18(14-16)13-12-17-9-4-3-5-10-17/h2-14H2,1H3,(H,19,20). The molecule has 1 unspecified atom stereocenters. The van der Waals surface area contributed by atoms with Crippen LogP contribution < -0.4 is 0 Å². The van der Waals surface area contributed by atoms with Gasteiger partial charge >= 0.3 is 5.97 Å². The van der Waals surface area contributed by atoms with Crippen LogP contribution in [0.5, 0.6) is 0 Å². The predicted molar refractivity (Wildman–Crippen MR) is 80.9 cm³/mol. The van der Waals surface area contributed by atoms with Crippen molar-refractivity contribution in [1.29, 1.82) is 0 Å². The molecule has 0 amide bonds. The Labute approximate surface area is 123 Å². The van der Waals surface area contributed by atoms with Crippen LogP contribution in [-0.4, -0.2) is 60.1 Å². The number of carbonyl (C=O) groups is 1. The Bertz CT molecular complexity index is 312. The van der Waals surface area contributed by atoms with Gasteiger partial charge in [0, 0.05) is 19.6 Å². The van der Waals surface area contributed by atoms with Crippen molar-refractivity contribution in [3.8, 4) is 0 Å². The molecule has 0 spiro atoms. The highest BCUT2D eigenvalue weighted by Gasteiger charge is 2.41. The quantitative estimate of drug-likeness (QED) is 0.812. The minimum absolute atomic E-state index is 0.477. The Morgan fingerprint density at radius 3 is 2.35 bits per heavy atom. The topological polar surface area (TPSA) is 43.8 Å². The predicted octanol–water partition coefficient (Wildman–Crippen LogP) is 2.44. The number of hydrogen-bond donors (Lipinski definition) is 1. The van der Waals surface area contributed by atoms with E-state index >= 15 is 0 Å². The Kier molecular flexibility index (Phi) is 5.85. The lowest BCUT2D eigenvalue weighted by Gasteiger charge is -2.41. The monoisotopic (exact) mass is 282 g/mol. The molecule has 4 nitrogen and oxygen atoms in total. The van der Waals surface area contributed by atoms with E-state index in [-0.39, 0.29) is 0 Å². The molecule has 116 valence electrons. The van der Waals surface area contributed by atoms with Gasteiger partial charge in [-0.05, 0) is 51.7 Å². The minimum Gasteiger partial charge on any atom is -0.481 e. The van der Waals surface area contributed by atoms with Gasteiger partial charge in [-0.1, -0.05) is 19.8 Å². The van der Waals surface area contributed by atoms with Crippen molar-refractivity contribution < 1.29 is 9.90 Å². The number of likely N-dealkylation sites (tertiary alicyclic amines) is 2. The van der Waals surface area contributed by atoms with Gasteiger partial charge in [-0.25, -0.2) is 0 Å². The Balaban J connectivity index is 1.84. The first-order valence-corrected chi connectivity index (χ1v) is 8.34. The van der Waals surface area contributed by atoms with Crippen molar-refractivity contribution in [3.63, 3.8) is 0 Å². The van der Waals surface area contributed by atoms with E-state index in [1.807, 2.05) is 0 Å². The highest BCUT2D eigenvalue weighted by Crippen LogP contribution is 2.34. The van der Waals surface area contributed by atoms with Crippen molar-refractivity contribution in [2.24, 2.45) is 5.41 Å². The van der Waals surface area contributed by atoms with Gasteiger partial charge in [0.2, 0.25) is 0 Å². The van der Waals surface area contributed by atoms with E-state index in [1.165, 1.54) is 32.4 Å². The Morgan fingerprint density at radius 1 is 1.05 bits per heavy atom. The average Bonchev–Trinajstić information content (AvgIpc) is 2.47. The van der Waals surface area contributed by atoms with E-state index in [1.54, 1.807) is 0 Å².